The van der Waals surface area contributed by atoms with Gasteiger partial charge in [-0.25, -0.2) is 4.79 Å². The Kier molecular flexibility index (Phi) is 18.2. The third kappa shape index (κ3) is 11.4. The quantitative estimate of drug-likeness (QED) is 0.0367. The van der Waals surface area contributed by atoms with Gasteiger partial charge in [-0.2, -0.15) is 0 Å². The summed E-state index contributed by atoms with van der Waals surface area (Å²) in [4.78, 5) is 17.0. The van der Waals surface area contributed by atoms with E-state index in [-0.39, 0.29) is 22.7 Å². The summed E-state index contributed by atoms with van der Waals surface area (Å²) in [5.74, 6) is -0.531. The van der Waals surface area contributed by atoms with E-state index in [0.717, 1.165) is 12.0 Å². The third-order valence-corrected chi connectivity index (χ3v) is 13.2. The van der Waals surface area contributed by atoms with Crippen LogP contribution in [0, 0.1) is 0 Å². The highest BCUT2D eigenvalue weighted by Crippen LogP contribution is 2.56. The number of unbranched alkanes of at least 4 members (excludes halogenated alkanes) is 9. The SMILES string of the molecule is CO/N=C(\C(=O)OC)c1ccccc1COCCCCCCCCCCCC[P+](c1ccccc1)(c1ccccc1)c1ccccc1.[Br-]. The number of hydrogen-bond acceptors (Lipinski definition) is 5. The van der Waals surface area contributed by atoms with Crippen LogP contribution in [0.1, 0.15) is 75.3 Å². The summed E-state index contributed by atoms with van der Waals surface area (Å²) >= 11 is 0. The zero-order valence-corrected chi connectivity index (χ0v) is 31.0. The summed E-state index contributed by atoms with van der Waals surface area (Å²) in [6, 6.07) is 41.3. The van der Waals surface area contributed by atoms with Crippen LogP contribution in [-0.2, 0) is 25.7 Å². The Bertz CT molecular complexity index is 1390. The molecule has 0 fully saturated rings. The van der Waals surface area contributed by atoms with Gasteiger partial charge in [-0.1, -0.05) is 129 Å². The van der Waals surface area contributed by atoms with Crippen LogP contribution < -0.4 is 32.9 Å². The molecule has 48 heavy (non-hydrogen) atoms. The van der Waals surface area contributed by atoms with Gasteiger partial charge in [0.15, 0.2) is 5.71 Å². The molecule has 5 nitrogen and oxygen atoms in total. The molecule has 0 aromatic heterocycles. The second-order valence-corrected chi connectivity index (χ2v) is 15.5. The van der Waals surface area contributed by atoms with Crippen LogP contribution in [0.5, 0.6) is 0 Å². The third-order valence-electron chi connectivity index (χ3n) is 8.71. The normalized spacial score (nSPS) is 11.5. The highest BCUT2D eigenvalue weighted by molar-refractivity contribution is 7.95. The van der Waals surface area contributed by atoms with Crippen LogP contribution >= 0.6 is 7.26 Å². The maximum absolute atomic E-state index is 12.2. The van der Waals surface area contributed by atoms with Crippen molar-refractivity contribution in [2.75, 3.05) is 27.0 Å². The second kappa shape index (κ2) is 22.3. The maximum Gasteiger partial charge on any atom is 0.360 e. The van der Waals surface area contributed by atoms with E-state index in [2.05, 4.69) is 96.2 Å². The lowest BCUT2D eigenvalue weighted by Gasteiger charge is -2.27. The molecule has 0 aliphatic rings. The Labute approximate surface area is 299 Å². The topological polar surface area (TPSA) is 57.1 Å². The Morgan fingerprint density at radius 3 is 1.50 bits per heavy atom. The lowest BCUT2D eigenvalue weighted by atomic mass is 10.0. The molecule has 4 rings (SSSR count). The van der Waals surface area contributed by atoms with Gasteiger partial charge in [0.05, 0.1) is 19.9 Å². The molecule has 7 heteroatoms. The maximum atomic E-state index is 12.2. The number of carbonyl (C=O) groups is 1. The highest BCUT2D eigenvalue weighted by Gasteiger charge is 2.44. The second-order valence-electron chi connectivity index (χ2n) is 11.9. The van der Waals surface area contributed by atoms with Gasteiger partial charge < -0.3 is 31.3 Å². The first-order valence-electron chi connectivity index (χ1n) is 17.1. The Morgan fingerprint density at radius 2 is 1.02 bits per heavy atom. The van der Waals surface area contributed by atoms with E-state index >= 15 is 0 Å². The number of esters is 1. The number of halogens is 1. The average Bonchev–Trinajstić information content (AvgIpc) is 3.13. The molecule has 0 unspecified atom stereocenters. The summed E-state index contributed by atoms with van der Waals surface area (Å²) in [5.41, 5.74) is 1.71. The molecule has 0 bridgehead atoms. The Balaban J connectivity index is 0.00000625. The van der Waals surface area contributed by atoms with Gasteiger partial charge in [-0.15, -0.1) is 0 Å². The van der Waals surface area contributed by atoms with E-state index in [4.69, 9.17) is 14.3 Å². The van der Waals surface area contributed by atoms with E-state index < -0.39 is 13.2 Å². The minimum atomic E-state index is -1.71. The first-order chi connectivity index (χ1) is 23.2. The molecular formula is C41H51BrNO4P. The number of benzene rings is 4. The fourth-order valence-electron chi connectivity index (χ4n) is 6.29. The zero-order valence-electron chi connectivity index (χ0n) is 28.6. The van der Waals surface area contributed by atoms with Crippen molar-refractivity contribution in [3.05, 3.63) is 126 Å². The molecule has 0 saturated carbocycles. The summed E-state index contributed by atoms with van der Waals surface area (Å²) < 4.78 is 10.8. The van der Waals surface area contributed by atoms with Crippen LogP contribution in [0.3, 0.4) is 0 Å². The van der Waals surface area contributed by atoms with Crippen LogP contribution in [0.4, 0.5) is 0 Å². The number of rotatable bonds is 21. The number of oxime groups is 1. The van der Waals surface area contributed by atoms with Crippen LogP contribution in [0.25, 0.3) is 0 Å². The van der Waals surface area contributed by atoms with Crippen molar-refractivity contribution in [2.45, 2.75) is 70.8 Å². The van der Waals surface area contributed by atoms with Crippen molar-refractivity contribution in [3.63, 3.8) is 0 Å². The lowest BCUT2D eigenvalue weighted by Crippen LogP contribution is -3.00. The Morgan fingerprint density at radius 1 is 0.583 bits per heavy atom. The number of methoxy groups -OCH3 is 1. The van der Waals surface area contributed by atoms with Gasteiger partial charge in [-0.3, -0.25) is 0 Å². The van der Waals surface area contributed by atoms with Gasteiger partial charge in [0.25, 0.3) is 0 Å². The Hall–Kier alpha value is -3.31. The number of nitrogens with zero attached hydrogens (tertiary/aromatic N) is 1. The van der Waals surface area contributed by atoms with E-state index in [9.17, 15) is 4.79 Å². The molecule has 0 atom stereocenters. The highest BCUT2D eigenvalue weighted by atomic mass is 79.9. The van der Waals surface area contributed by atoms with Crippen molar-refractivity contribution in [1.82, 2.24) is 0 Å². The van der Waals surface area contributed by atoms with Crippen molar-refractivity contribution in [3.8, 4) is 0 Å². The first-order valence-corrected chi connectivity index (χ1v) is 19.1. The van der Waals surface area contributed by atoms with Gasteiger partial charge in [-0.05, 0) is 61.2 Å². The van der Waals surface area contributed by atoms with E-state index in [1.54, 1.807) is 0 Å². The number of hydrogen-bond donors (Lipinski definition) is 0. The molecule has 0 aliphatic carbocycles. The summed E-state index contributed by atoms with van der Waals surface area (Å²) in [6.45, 7) is 1.11. The largest absolute Gasteiger partial charge is 1.00 e. The van der Waals surface area contributed by atoms with Crippen molar-refractivity contribution >= 4 is 34.9 Å². The molecule has 0 aliphatic heterocycles. The molecule has 4 aromatic carbocycles. The van der Waals surface area contributed by atoms with Gasteiger partial charge in [0, 0.05) is 12.2 Å². The number of carbonyl (C=O) groups excluding carboxylic acids is 1. The molecule has 0 amide bonds. The van der Waals surface area contributed by atoms with Gasteiger partial charge in [0.2, 0.25) is 0 Å². The molecule has 4 aromatic rings. The predicted octanol–water partition coefficient (Wildman–Crippen LogP) is 5.63. The molecule has 0 saturated heterocycles. The standard InChI is InChI=1S/C41H51NO4P.BrH/c1-44-41(43)40(42-45-2)39-31-21-20-24-35(39)34-46-32-22-9-7-5-3-4-6-8-10-23-33-47(36-25-14-11-15-26-36,37-27-16-12-17-28-37)38-29-18-13-19-30-38;/h11-21,24-31H,3-10,22-23,32-34H2,1-2H3;1H/q+1;/p-1/b42-40-;. The smallest absolute Gasteiger partial charge is 0.360 e. The van der Waals surface area contributed by atoms with E-state index in [1.807, 2.05) is 24.3 Å². The minimum Gasteiger partial charge on any atom is -1.00 e. The summed E-state index contributed by atoms with van der Waals surface area (Å²) in [6.07, 6.45) is 13.7. The van der Waals surface area contributed by atoms with Crippen LogP contribution in [0.15, 0.2) is 120 Å². The molecule has 0 N–H and O–H groups in total. The molecular weight excluding hydrogens is 681 g/mol. The summed E-state index contributed by atoms with van der Waals surface area (Å²) in [5, 5.41) is 8.32. The zero-order chi connectivity index (χ0) is 33.0. The van der Waals surface area contributed by atoms with E-state index in [0.29, 0.717) is 18.8 Å². The van der Waals surface area contributed by atoms with Crippen molar-refractivity contribution in [2.24, 2.45) is 5.16 Å². The van der Waals surface area contributed by atoms with E-state index in [1.165, 1.54) is 94.1 Å². The predicted molar refractivity (Wildman–Crippen MR) is 198 cm³/mol. The average molecular weight is 733 g/mol. The minimum absolute atomic E-state index is 0. The summed E-state index contributed by atoms with van der Waals surface area (Å²) in [7, 11) is 1.05. The molecule has 0 heterocycles. The fourth-order valence-corrected chi connectivity index (χ4v) is 10.7. The number of ether oxygens (including phenoxy) is 2. The monoisotopic (exact) mass is 731 g/mol. The molecule has 0 radical (unpaired) electrons. The van der Waals surface area contributed by atoms with Gasteiger partial charge in [0.1, 0.15) is 30.3 Å². The first kappa shape index (κ1) is 39.1. The molecule has 256 valence electrons. The van der Waals surface area contributed by atoms with Gasteiger partial charge >= 0.3 is 5.97 Å². The fraction of sp³-hybridized carbons (Fsp3) is 0.366. The van der Waals surface area contributed by atoms with Crippen LogP contribution in [-0.4, -0.2) is 38.7 Å². The van der Waals surface area contributed by atoms with Crippen molar-refractivity contribution in [1.29, 1.82) is 0 Å². The van der Waals surface area contributed by atoms with Crippen LogP contribution in [0.2, 0.25) is 0 Å². The lowest BCUT2D eigenvalue weighted by molar-refractivity contribution is -0.132. The van der Waals surface area contributed by atoms with Crippen molar-refractivity contribution < 1.29 is 36.1 Å². The molecule has 0 spiro atoms.